The highest BCUT2D eigenvalue weighted by Crippen LogP contribution is 2.34. The number of fused-ring (bicyclic) bond motifs is 2. The summed E-state index contributed by atoms with van der Waals surface area (Å²) in [7, 11) is -2.20. The van der Waals surface area contributed by atoms with Gasteiger partial charge in [-0.25, -0.2) is 19.6 Å². The van der Waals surface area contributed by atoms with E-state index in [0.29, 0.717) is 86.1 Å². The predicted octanol–water partition coefficient (Wildman–Crippen LogP) is 8.50. The van der Waals surface area contributed by atoms with E-state index in [1.54, 1.807) is 31.2 Å². The molecule has 0 spiro atoms. The van der Waals surface area contributed by atoms with E-state index in [1.807, 2.05) is 79.7 Å². The Hall–Kier alpha value is -5.89. The summed E-state index contributed by atoms with van der Waals surface area (Å²) in [5, 5.41) is 11.1. The van der Waals surface area contributed by atoms with Gasteiger partial charge in [0.15, 0.2) is 11.6 Å². The van der Waals surface area contributed by atoms with Gasteiger partial charge in [-0.3, -0.25) is 8.42 Å². The van der Waals surface area contributed by atoms with Crippen LogP contribution in [0.25, 0.3) is 0 Å². The first-order valence-electron chi connectivity index (χ1n) is 23.3. The molecular formula is C50H53Cl3N10O6S2. The molecular weight excluding hydrogens is 1010 g/mol. The molecule has 3 N–H and O–H groups in total. The Morgan fingerprint density at radius 2 is 1.04 bits per heavy atom. The van der Waals surface area contributed by atoms with E-state index in [9.17, 15) is 18.0 Å². The summed E-state index contributed by atoms with van der Waals surface area (Å²) in [5.41, 5.74) is 6.56. The lowest BCUT2D eigenvalue weighted by molar-refractivity contribution is 0.0517. The molecule has 2 unspecified atom stereocenters. The predicted molar refractivity (Wildman–Crippen MR) is 283 cm³/mol. The first-order chi connectivity index (χ1) is 34.5. The van der Waals surface area contributed by atoms with Crippen molar-refractivity contribution in [2.75, 3.05) is 102 Å². The molecule has 2 aromatic heterocycles. The SMILES string of the molecule is CCOC(=O)c1ccc(N2CCN(c3nc4c(c(Nc5cccc(Cl)c5)n3)S(=O)CC4)CC2)cc1.CCOC(=O)c1ccc(N2CCNCC2)cc1.O=S1CCc2nc(Cl)nc(Nc3cccc(Cl)c3)c21. The molecule has 2 atom stereocenters. The van der Waals surface area contributed by atoms with Gasteiger partial charge in [0.1, 0.15) is 9.79 Å². The van der Waals surface area contributed by atoms with Gasteiger partial charge in [0.2, 0.25) is 11.2 Å². The third kappa shape index (κ3) is 13.3. The highest BCUT2D eigenvalue weighted by molar-refractivity contribution is 7.85. The number of nitrogens with zero attached hydrogens (tertiary/aromatic N) is 7. The van der Waals surface area contributed by atoms with Crippen molar-refractivity contribution in [2.24, 2.45) is 0 Å². The normalized spacial score (nSPS) is 16.9. The van der Waals surface area contributed by atoms with Gasteiger partial charge in [-0.2, -0.15) is 9.97 Å². The standard InChI is InChI=1S/C25H26ClN5O3S.C13H18N2O2.C12H9Cl2N3OS/c1-2-34-24(32)17-6-8-20(9-7-17)30-11-13-31(14-12-30)25-28-21-10-15-35(33)22(21)23(29-25)27-19-5-3-4-18(26)16-19;1-2-17-13(16)11-3-5-12(6-4-11)15-9-7-14-8-10-15;13-7-2-1-3-8(6-7)15-11-10-9(4-5-19(10)18)16-12(14)17-11/h3-9,16H,2,10-15H2,1H3,(H,27,28,29);3-6,14H,2,7-10H2,1H3;1-3,6H,4-5H2,(H,15,16,17). The number of rotatable bonds is 11. The van der Waals surface area contributed by atoms with Crippen molar-refractivity contribution in [1.82, 2.24) is 25.3 Å². The van der Waals surface area contributed by atoms with Crippen LogP contribution in [-0.4, -0.2) is 117 Å². The van der Waals surface area contributed by atoms with Gasteiger partial charge in [-0.15, -0.1) is 0 Å². The number of anilines is 7. The van der Waals surface area contributed by atoms with Crippen LogP contribution in [0.1, 0.15) is 46.0 Å². The molecule has 0 bridgehead atoms. The molecule has 21 heteroatoms. The van der Waals surface area contributed by atoms with E-state index in [-0.39, 0.29) is 17.2 Å². The van der Waals surface area contributed by atoms with Crippen LogP contribution in [0.3, 0.4) is 0 Å². The van der Waals surface area contributed by atoms with E-state index >= 15 is 0 Å². The Balaban J connectivity index is 0.000000158. The second kappa shape index (κ2) is 24.5. The minimum absolute atomic E-state index is 0.155. The van der Waals surface area contributed by atoms with Crippen molar-refractivity contribution in [3.63, 3.8) is 0 Å². The third-order valence-electron chi connectivity index (χ3n) is 11.7. The molecule has 0 amide bonds. The molecule has 6 aromatic rings. The van der Waals surface area contributed by atoms with Gasteiger partial charge in [-0.1, -0.05) is 35.3 Å². The minimum Gasteiger partial charge on any atom is -0.462 e. The first kappa shape index (κ1) is 51.5. The summed E-state index contributed by atoms with van der Waals surface area (Å²) in [4.78, 5) is 49.3. The summed E-state index contributed by atoms with van der Waals surface area (Å²) in [5.74, 6) is 2.29. The number of aromatic nitrogens is 4. The maximum Gasteiger partial charge on any atom is 0.338 e. The maximum absolute atomic E-state index is 12.6. The Morgan fingerprint density at radius 3 is 1.52 bits per heavy atom. The smallest absolute Gasteiger partial charge is 0.338 e. The van der Waals surface area contributed by atoms with E-state index in [1.165, 1.54) is 5.69 Å². The Bertz CT molecular complexity index is 2890. The average molecular weight is 1060 g/mol. The number of ether oxygens (including phenoxy) is 2. The number of carbonyl (C=O) groups excluding carboxylic acids is 2. The number of hydrogen-bond acceptors (Lipinski definition) is 16. The fraction of sp³-hybridized carbons (Fsp3) is 0.320. The summed E-state index contributed by atoms with van der Waals surface area (Å²) in [6.45, 7) is 11.5. The van der Waals surface area contributed by atoms with Gasteiger partial charge in [-0.05, 0) is 110 Å². The fourth-order valence-electron chi connectivity index (χ4n) is 8.20. The topological polar surface area (TPSA) is 184 Å². The molecule has 0 aliphatic carbocycles. The second-order valence-electron chi connectivity index (χ2n) is 16.4. The van der Waals surface area contributed by atoms with Crippen LogP contribution in [-0.2, 0) is 43.9 Å². The van der Waals surface area contributed by atoms with Gasteiger partial charge >= 0.3 is 11.9 Å². The van der Waals surface area contributed by atoms with Crippen LogP contribution in [0, 0.1) is 0 Å². The molecule has 0 saturated carbocycles. The van der Waals surface area contributed by atoms with Crippen LogP contribution in [0.4, 0.5) is 40.3 Å². The van der Waals surface area contributed by atoms with E-state index < -0.39 is 21.6 Å². The molecule has 2 fully saturated rings. The van der Waals surface area contributed by atoms with Crippen LogP contribution in [0.2, 0.25) is 15.3 Å². The maximum atomic E-state index is 12.6. The average Bonchev–Trinajstić information content (AvgIpc) is 3.96. The zero-order valence-electron chi connectivity index (χ0n) is 39.2. The molecule has 372 valence electrons. The lowest BCUT2D eigenvalue weighted by Gasteiger charge is -2.36. The molecule has 16 nitrogen and oxygen atoms in total. The largest absolute Gasteiger partial charge is 0.462 e. The quantitative estimate of drug-likeness (QED) is 0.0828. The van der Waals surface area contributed by atoms with E-state index in [2.05, 4.69) is 40.6 Å². The van der Waals surface area contributed by atoms with Gasteiger partial charge < -0.3 is 40.1 Å². The summed E-state index contributed by atoms with van der Waals surface area (Å²) in [6.07, 6.45) is 1.34. The zero-order valence-corrected chi connectivity index (χ0v) is 43.1. The molecule has 71 heavy (non-hydrogen) atoms. The summed E-state index contributed by atoms with van der Waals surface area (Å²) in [6, 6.07) is 29.8. The number of piperazine rings is 2. The third-order valence-corrected chi connectivity index (χ3v) is 15.2. The van der Waals surface area contributed by atoms with Gasteiger partial charge in [0.25, 0.3) is 0 Å². The molecule has 4 aliphatic heterocycles. The van der Waals surface area contributed by atoms with Crippen LogP contribution in [0.5, 0.6) is 0 Å². The van der Waals surface area contributed by atoms with Gasteiger partial charge in [0.05, 0.1) is 57.3 Å². The number of carbonyl (C=O) groups is 2. The molecule has 2 saturated heterocycles. The number of hydrogen-bond donors (Lipinski definition) is 3. The van der Waals surface area contributed by atoms with Crippen LogP contribution in [0.15, 0.2) is 107 Å². The zero-order chi connectivity index (χ0) is 49.9. The highest BCUT2D eigenvalue weighted by Gasteiger charge is 2.29. The van der Waals surface area contributed by atoms with Crippen molar-refractivity contribution in [3.05, 3.63) is 135 Å². The highest BCUT2D eigenvalue weighted by atomic mass is 35.5. The van der Waals surface area contributed by atoms with Crippen molar-refractivity contribution in [1.29, 1.82) is 0 Å². The summed E-state index contributed by atoms with van der Waals surface area (Å²) >= 11 is 18.0. The van der Waals surface area contributed by atoms with E-state index in [0.717, 1.165) is 80.8 Å². The van der Waals surface area contributed by atoms with Crippen LogP contribution < -0.4 is 30.7 Å². The van der Waals surface area contributed by atoms with Crippen molar-refractivity contribution in [2.45, 2.75) is 36.5 Å². The number of nitrogens with one attached hydrogen (secondary N) is 3. The lowest BCUT2D eigenvalue weighted by Crippen LogP contribution is -2.47. The monoisotopic (exact) mass is 1060 g/mol. The molecule has 4 aromatic carbocycles. The molecule has 6 heterocycles. The Kier molecular flexibility index (Phi) is 17.8. The molecule has 0 radical (unpaired) electrons. The Labute approximate surface area is 432 Å². The first-order valence-corrected chi connectivity index (χ1v) is 27.0. The fourth-order valence-corrected chi connectivity index (χ4v) is 11.4. The van der Waals surface area contributed by atoms with Crippen LogP contribution >= 0.6 is 34.8 Å². The van der Waals surface area contributed by atoms with Crippen molar-refractivity contribution >= 4 is 109 Å². The molecule has 4 aliphatic rings. The number of aryl methyl sites for hydroxylation is 2. The number of halogens is 3. The van der Waals surface area contributed by atoms with Crippen molar-refractivity contribution < 1.29 is 27.5 Å². The van der Waals surface area contributed by atoms with Crippen molar-refractivity contribution in [3.8, 4) is 0 Å². The Morgan fingerprint density at radius 1 is 0.592 bits per heavy atom. The summed E-state index contributed by atoms with van der Waals surface area (Å²) < 4.78 is 34.6. The minimum atomic E-state index is -1.12. The molecule has 10 rings (SSSR count). The second-order valence-corrected chi connectivity index (χ2v) is 20.6. The van der Waals surface area contributed by atoms with Gasteiger partial charge in [0, 0.05) is 110 Å². The van der Waals surface area contributed by atoms with E-state index in [4.69, 9.17) is 54.2 Å². The number of benzene rings is 4. The number of esters is 2. The lowest BCUT2D eigenvalue weighted by atomic mass is 10.2.